The summed E-state index contributed by atoms with van der Waals surface area (Å²) in [7, 11) is 0. The second-order valence-electron chi connectivity index (χ2n) is 5.31. The van der Waals surface area contributed by atoms with Crippen molar-refractivity contribution in [3.63, 3.8) is 0 Å². The Labute approximate surface area is 105 Å². The quantitative estimate of drug-likeness (QED) is 0.480. The van der Waals surface area contributed by atoms with Crippen molar-refractivity contribution in [3.8, 4) is 0 Å². The zero-order valence-corrected chi connectivity index (χ0v) is 10.5. The molecule has 3 N–H and O–H groups in total. The van der Waals surface area contributed by atoms with Gasteiger partial charge < -0.3 is 10.3 Å². The lowest BCUT2D eigenvalue weighted by Crippen LogP contribution is -2.24. The van der Waals surface area contributed by atoms with Crippen molar-refractivity contribution in [2.75, 3.05) is 23.4 Å². The van der Waals surface area contributed by atoms with E-state index in [1.807, 2.05) is 4.90 Å². The standard InChI is InChI=1S/C11H17N5O2/c1-11(2)3-4-15(7-11)10-6-8(16(17)18)5-9(13-10)14-12/h5-6H,3-4,7,12H2,1-2H3,(H,13,14). The number of aromatic nitrogens is 1. The largest absolute Gasteiger partial charge is 0.356 e. The molecule has 0 aliphatic carbocycles. The van der Waals surface area contributed by atoms with E-state index in [4.69, 9.17) is 5.84 Å². The average Bonchev–Trinajstić information content (AvgIpc) is 2.69. The molecule has 0 saturated carbocycles. The van der Waals surface area contributed by atoms with Crippen LogP contribution in [0.4, 0.5) is 17.3 Å². The number of hydrazine groups is 1. The van der Waals surface area contributed by atoms with Gasteiger partial charge in [-0.05, 0) is 11.8 Å². The molecule has 7 heteroatoms. The fourth-order valence-electron chi connectivity index (χ4n) is 2.15. The van der Waals surface area contributed by atoms with E-state index in [0.29, 0.717) is 11.6 Å². The predicted molar refractivity (Wildman–Crippen MR) is 69.3 cm³/mol. The molecule has 0 aromatic carbocycles. The maximum Gasteiger partial charge on any atom is 0.276 e. The van der Waals surface area contributed by atoms with Crippen molar-refractivity contribution in [1.82, 2.24) is 4.98 Å². The summed E-state index contributed by atoms with van der Waals surface area (Å²) < 4.78 is 0. The van der Waals surface area contributed by atoms with Crippen molar-refractivity contribution >= 4 is 17.3 Å². The summed E-state index contributed by atoms with van der Waals surface area (Å²) >= 11 is 0. The molecule has 7 nitrogen and oxygen atoms in total. The number of nitrogens with zero attached hydrogens (tertiary/aromatic N) is 3. The van der Waals surface area contributed by atoms with Crippen molar-refractivity contribution in [3.05, 3.63) is 22.2 Å². The number of nitrogens with two attached hydrogens (primary N) is 1. The van der Waals surface area contributed by atoms with Crippen LogP contribution in [0.5, 0.6) is 0 Å². The van der Waals surface area contributed by atoms with Gasteiger partial charge in [0, 0.05) is 13.1 Å². The molecule has 0 unspecified atom stereocenters. The highest BCUT2D eigenvalue weighted by molar-refractivity contribution is 5.56. The van der Waals surface area contributed by atoms with Gasteiger partial charge in [0.15, 0.2) is 0 Å². The smallest absolute Gasteiger partial charge is 0.276 e. The number of hydrogen-bond donors (Lipinski definition) is 2. The van der Waals surface area contributed by atoms with Crippen LogP contribution < -0.4 is 16.2 Å². The Morgan fingerprint density at radius 3 is 2.78 bits per heavy atom. The van der Waals surface area contributed by atoms with Crippen LogP contribution >= 0.6 is 0 Å². The van der Waals surface area contributed by atoms with E-state index in [-0.39, 0.29) is 11.1 Å². The van der Waals surface area contributed by atoms with Gasteiger partial charge in [-0.2, -0.15) is 0 Å². The maximum atomic E-state index is 10.9. The number of anilines is 2. The van der Waals surface area contributed by atoms with E-state index in [2.05, 4.69) is 24.3 Å². The summed E-state index contributed by atoms with van der Waals surface area (Å²) in [6.45, 7) is 6.04. The first kappa shape index (κ1) is 12.6. The van der Waals surface area contributed by atoms with Gasteiger partial charge in [-0.1, -0.05) is 13.8 Å². The molecule has 2 rings (SSSR count). The number of nitrogens with one attached hydrogen (secondary N) is 1. The summed E-state index contributed by atoms with van der Waals surface area (Å²) in [6, 6.07) is 2.81. The molecule has 0 atom stereocenters. The lowest BCUT2D eigenvalue weighted by molar-refractivity contribution is -0.384. The van der Waals surface area contributed by atoms with Gasteiger partial charge >= 0.3 is 0 Å². The number of nitro groups is 1. The van der Waals surface area contributed by atoms with Gasteiger partial charge in [0.2, 0.25) is 0 Å². The summed E-state index contributed by atoms with van der Waals surface area (Å²) in [5, 5.41) is 10.9. The molecule has 0 spiro atoms. The third kappa shape index (κ3) is 2.51. The summed E-state index contributed by atoms with van der Waals surface area (Å²) in [5.41, 5.74) is 2.57. The van der Waals surface area contributed by atoms with E-state index < -0.39 is 4.92 Å². The van der Waals surface area contributed by atoms with Crippen LogP contribution in [-0.2, 0) is 0 Å². The Morgan fingerprint density at radius 2 is 2.28 bits per heavy atom. The number of pyridine rings is 1. The lowest BCUT2D eigenvalue weighted by atomic mass is 9.93. The van der Waals surface area contributed by atoms with Gasteiger partial charge in [0.1, 0.15) is 11.6 Å². The number of rotatable bonds is 3. The predicted octanol–water partition coefficient (Wildman–Crippen LogP) is 1.51. The molecule has 1 aromatic rings. The number of nitrogen functional groups attached to an aromatic ring is 1. The zero-order valence-electron chi connectivity index (χ0n) is 10.5. The SMILES string of the molecule is CC1(C)CCN(c2cc([N+](=O)[O-])cc(NN)n2)C1. The molecule has 0 bridgehead atoms. The van der Waals surface area contributed by atoms with Crippen LogP contribution in [0, 0.1) is 15.5 Å². The van der Waals surface area contributed by atoms with Crippen LogP contribution in [0.25, 0.3) is 0 Å². The molecule has 1 aliphatic heterocycles. The van der Waals surface area contributed by atoms with Crippen LogP contribution in [-0.4, -0.2) is 23.0 Å². The first-order chi connectivity index (χ1) is 8.41. The molecule has 0 amide bonds. The molecule has 1 aliphatic rings. The lowest BCUT2D eigenvalue weighted by Gasteiger charge is -2.20. The highest BCUT2D eigenvalue weighted by Crippen LogP contribution is 2.33. The fourth-order valence-corrected chi connectivity index (χ4v) is 2.15. The van der Waals surface area contributed by atoms with E-state index in [9.17, 15) is 10.1 Å². The highest BCUT2D eigenvalue weighted by atomic mass is 16.6. The molecule has 2 heterocycles. The Bertz CT molecular complexity index is 475. The second-order valence-corrected chi connectivity index (χ2v) is 5.31. The minimum atomic E-state index is -0.437. The Morgan fingerprint density at radius 1 is 1.56 bits per heavy atom. The number of hydrogen-bond acceptors (Lipinski definition) is 6. The summed E-state index contributed by atoms with van der Waals surface area (Å²) in [4.78, 5) is 16.7. The molecule has 98 valence electrons. The minimum absolute atomic E-state index is 0.00217. The normalized spacial score (nSPS) is 17.8. The summed E-state index contributed by atoms with van der Waals surface area (Å²) in [5.74, 6) is 6.20. The van der Waals surface area contributed by atoms with Gasteiger partial charge in [0.25, 0.3) is 5.69 Å². The molecule has 18 heavy (non-hydrogen) atoms. The van der Waals surface area contributed by atoms with Crippen LogP contribution in [0.1, 0.15) is 20.3 Å². The van der Waals surface area contributed by atoms with Gasteiger partial charge in [0.05, 0.1) is 17.1 Å². The molecule has 0 radical (unpaired) electrons. The molecule has 1 saturated heterocycles. The molecular weight excluding hydrogens is 234 g/mol. The van der Waals surface area contributed by atoms with Crippen LogP contribution in [0.3, 0.4) is 0 Å². The first-order valence-corrected chi connectivity index (χ1v) is 5.79. The third-order valence-electron chi connectivity index (χ3n) is 3.16. The Hall–Kier alpha value is -1.89. The van der Waals surface area contributed by atoms with Crippen molar-refractivity contribution in [2.45, 2.75) is 20.3 Å². The monoisotopic (exact) mass is 251 g/mol. The average molecular weight is 251 g/mol. The first-order valence-electron chi connectivity index (χ1n) is 5.79. The topological polar surface area (TPSA) is 97.3 Å². The Balaban J connectivity index is 2.33. The zero-order chi connectivity index (χ0) is 13.3. The van der Waals surface area contributed by atoms with E-state index in [1.165, 1.54) is 12.1 Å². The highest BCUT2D eigenvalue weighted by Gasteiger charge is 2.30. The second kappa shape index (κ2) is 4.41. The van der Waals surface area contributed by atoms with E-state index in [0.717, 1.165) is 19.5 Å². The van der Waals surface area contributed by atoms with E-state index >= 15 is 0 Å². The van der Waals surface area contributed by atoms with Crippen molar-refractivity contribution in [2.24, 2.45) is 11.3 Å². The minimum Gasteiger partial charge on any atom is -0.356 e. The maximum absolute atomic E-state index is 10.9. The fraction of sp³-hybridized carbons (Fsp3) is 0.545. The van der Waals surface area contributed by atoms with E-state index in [1.54, 1.807) is 0 Å². The molecule has 1 aromatic heterocycles. The van der Waals surface area contributed by atoms with Gasteiger partial charge in [-0.25, -0.2) is 10.8 Å². The van der Waals surface area contributed by atoms with Crippen molar-refractivity contribution < 1.29 is 4.92 Å². The van der Waals surface area contributed by atoms with Crippen LogP contribution in [0.2, 0.25) is 0 Å². The molecular formula is C11H17N5O2. The third-order valence-corrected chi connectivity index (χ3v) is 3.16. The Kier molecular flexibility index (Phi) is 3.08. The van der Waals surface area contributed by atoms with Gasteiger partial charge in [-0.3, -0.25) is 10.1 Å². The van der Waals surface area contributed by atoms with Gasteiger partial charge in [-0.15, -0.1) is 0 Å². The summed E-state index contributed by atoms with van der Waals surface area (Å²) in [6.07, 6.45) is 1.04. The van der Waals surface area contributed by atoms with Crippen LogP contribution in [0.15, 0.2) is 12.1 Å². The van der Waals surface area contributed by atoms with Crippen molar-refractivity contribution in [1.29, 1.82) is 0 Å². The molecule has 1 fully saturated rings.